The molecular weight excluding hydrogens is 216 g/mol. The highest BCUT2D eigenvalue weighted by Crippen LogP contribution is 2.33. The zero-order valence-corrected chi connectivity index (χ0v) is 9.41. The molecule has 1 aromatic rings. The molecule has 0 spiro atoms. The number of halogens is 1. The number of phenols is 1. The molecule has 0 amide bonds. The number of aldehydes is 1. The minimum absolute atomic E-state index is 0.0196. The highest BCUT2D eigenvalue weighted by atomic mass is 35.5. The Labute approximate surface area is 93.6 Å². The number of carbonyl (C=O) groups excluding carboxylic acids is 1. The fourth-order valence-electron chi connectivity index (χ4n) is 1.30. The van der Waals surface area contributed by atoms with E-state index in [9.17, 15) is 9.90 Å². The van der Waals surface area contributed by atoms with Gasteiger partial charge < -0.3 is 14.6 Å². The molecule has 0 aliphatic rings. The zero-order valence-electron chi connectivity index (χ0n) is 8.66. The number of phenolic OH excluding ortho intramolecular Hbond substituents is 1. The van der Waals surface area contributed by atoms with Gasteiger partial charge >= 0.3 is 0 Å². The van der Waals surface area contributed by atoms with Crippen LogP contribution in [0.2, 0.25) is 5.02 Å². The summed E-state index contributed by atoms with van der Waals surface area (Å²) in [4.78, 5) is 10.5. The summed E-state index contributed by atoms with van der Waals surface area (Å²) >= 11 is 5.81. The van der Waals surface area contributed by atoms with Crippen LogP contribution in [0.4, 0.5) is 0 Å². The van der Waals surface area contributed by atoms with Crippen LogP contribution in [0, 0.1) is 5.92 Å². The quantitative estimate of drug-likeness (QED) is 0.806. The molecule has 3 nitrogen and oxygen atoms in total. The lowest BCUT2D eigenvalue weighted by Gasteiger charge is -2.10. The van der Waals surface area contributed by atoms with Crippen LogP contribution in [0.3, 0.4) is 0 Å². The Kier molecular flexibility index (Phi) is 3.97. The first kappa shape index (κ1) is 11.9. The molecule has 1 N–H and O–H groups in total. The number of hydrogen-bond acceptors (Lipinski definition) is 3. The van der Waals surface area contributed by atoms with Gasteiger partial charge in [-0.05, 0) is 18.1 Å². The van der Waals surface area contributed by atoms with Gasteiger partial charge in [0, 0.05) is 12.0 Å². The SMILES string of the molecule is COc1cc(Cl)c(O)c(CC(C)C=O)c1. The van der Waals surface area contributed by atoms with Gasteiger partial charge in [-0.25, -0.2) is 0 Å². The van der Waals surface area contributed by atoms with Crippen molar-refractivity contribution in [1.29, 1.82) is 0 Å². The van der Waals surface area contributed by atoms with Gasteiger partial charge in [-0.2, -0.15) is 0 Å². The lowest BCUT2D eigenvalue weighted by molar-refractivity contribution is -0.110. The molecule has 1 aromatic carbocycles. The Morgan fingerprint density at radius 3 is 2.80 bits per heavy atom. The molecule has 1 unspecified atom stereocenters. The Morgan fingerprint density at radius 1 is 1.60 bits per heavy atom. The fraction of sp³-hybridized carbons (Fsp3) is 0.364. The van der Waals surface area contributed by atoms with Gasteiger partial charge in [-0.1, -0.05) is 18.5 Å². The molecule has 1 atom stereocenters. The van der Waals surface area contributed by atoms with Gasteiger partial charge in [-0.3, -0.25) is 0 Å². The summed E-state index contributed by atoms with van der Waals surface area (Å²) in [5.41, 5.74) is 0.624. The van der Waals surface area contributed by atoms with E-state index in [1.807, 2.05) is 0 Å². The molecule has 82 valence electrons. The van der Waals surface area contributed by atoms with E-state index in [4.69, 9.17) is 16.3 Å². The van der Waals surface area contributed by atoms with Gasteiger partial charge in [0.15, 0.2) is 0 Å². The predicted molar refractivity (Wildman–Crippen MR) is 58.6 cm³/mol. The molecule has 0 heterocycles. The first-order valence-electron chi connectivity index (χ1n) is 4.59. The van der Waals surface area contributed by atoms with Crippen molar-refractivity contribution in [2.24, 2.45) is 5.92 Å². The maximum absolute atomic E-state index is 10.5. The lowest BCUT2D eigenvalue weighted by atomic mass is 10.0. The van der Waals surface area contributed by atoms with Gasteiger partial charge in [0.1, 0.15) is 17.8 Å². The third kappa shape index (κ3) is 2.86. The highest BCUT2D eigenvalue weighted by Gasteiger charge is 2.11. The second-order valence-electron chi connectivity index (χ2n) is 3.43. The van der Waals surface area contributed by atoms with E-state index < -0.39 is 0 Å². The number of rotatable bonds is 4. The van der Waals surface area contributed by atoms with E-state index in [1.165, 1.54) is 13.2 Å². The standard InChI is InChI=1S/C11H13ClO3/c1-7(6-13)3-8-4-9(15-2)5-10(12)11(8)14/h4-7,14H,3H2,1-2H3. The second kappa shape index (κ2) is 5.03. The number of aromatic hydroxyl groups is 1. The van der Waals surface area contributed by atoms with Gasteiger partial charge in [-0.15, -0.1) is 0 Å². The largest absolute Gasteiger partial charge is 0.506 e. The second-order valence-corrected chi connectivity index (χ2v) is 3.84. The predicted octanol–water partition coefficient (Wildman–Crippen LogP) is 2.43. The third-order valence-electron chi connectivity index (χ3n) is 2.13. The molecule has 1 rings (SSSR count). The maximum Gasteiger partial charge on any atom is 0.137 e. The molecule has 0 saturated carbocycles. The lowest BCUT2D eigenvalue weighted by Crippen LogP contribution is -2.01. The molecule has 0 aliphatic heterocycles. The van der Waals surface area contributed by atoms with E-state index in [-0.39, 0.29) is 16.7 Å². The summed E-state index contributed by atoms with van der Waals surface area (Å²) in [7, 11) is 1.52. The Balaban J connectivity index is 3.04. The first-order valence-corrected chi connectivity index (χ1v) is 4.97. The van der Waals surface area contributed by atoms with Crippen LogP contribution in [0.5, 0.6) is 11.5 Å². The van der Waals surface area contributed by atoms with Crippen molar-refractivity contribution in [2.75, 3.05) is 7.11 Å². The van der Waals surface area contributed by atoms with Crippen molar-refractivity contribution in [3.63, 3.8) is 0 Å². The number of carbonyl (C=O) groups is 1. The van der Waals surface area contributed by atoms with E-state index in [0.717, 1.165) is 6.29 Å². The molecule has 0 saturated heterocycles. The van der Waals surface area contributed by atoms with Crippen molar-refractivity contribution in [3.05, 3.63) is 22.7 Å². The summed E-state index contributed by atoms with van der Waals surface area (Å²) in [6, 6.07) is 3.22. The third-order valence-corrected chi connectivity index (χ3v) is 2.41. The van der Waals surface area contributed by atoms with E-state index in [1.54, 1.807) is 13.0 Å². The van der Waals surface area contributed by atoms with E-state index in [0.29, 0.717) is 17.7 Å². The summed E-state index contributed by atoms with van der Waals surface area (Å²) in [6.07, 6.45) is 1.29. The molecule has 0 fully saturated rings. The smallest absolute Gasteiger partial charge is 0.137 e. The van der Waals surface area contributed by atoms with Crippen molar-refractivity contribution < 1.29 is 14.6 Å². The Bertz CT molecular complexity index is 363. The van der Waals surface area contributed by atoms with E-state index in [2.05, 4.69) is 0 Å². The van der Waals surface area contributed by atoms with Crippen LogP contribution in [-0.2, 0) is 11.2 Å². The highest BCUT2D eigenvalue weighted by molar-refractivity contribution is 6.32. The average molecular weight is 229 g/mol. The molecule has 0 radical (unpaired) electrons. The maximum atomic E-state index is 10.5. The van der Waals surface area contributed by atoms with Crippen molar-refractivity contribution in [2.45, 2.75) is 13.3 Å². The molecular formula is C11H13ClO3. The van der Waals surface area contributed by atoms with Gasteiger partial charge in [0.05, 0.1) is 12.1 Å². The summed E-state index contributed by atoms with van der Waals surface area (Å²) < 4.78 is 5.02. The average Bonchev–Trinajstić information content (AvgIpc) is 2.24. The van der Waals surface area contributed by atoms with Crippen LogP contribution in [0.1, 0.15) is 12.5 Å². The first-order chi connectivity index (χ1) is 7.08. The molecule has 0 aromatic heterocycles. The van der Waals surface area contributed by atoms with Crippen LogP contribution in [0.25, 0.3) is 0 Å². The monoisotopic (exact) mass is 228 g/mol. The Morgan fingerprint density at radius 2 is 2.27 bits per heavy atom. The fourth-order valence-corrected chi connectivity index (χ4v) is 1.53. The molecule has 0 bridgehead atoms. The zero-order chi connectivity index (χ0) is 11.4. The Hall–Kier alpha value is -1.22. The molecule has 15 heavy (non-hydrogen) atoms. The van der Waals surface area contributed by atoms with Crippen LogP contribution < -0.4 is 4.74 Å². The van der Waals surface area contributed by atoms with Crippen molar-refractivity contribution in [3.8, 4) is 11.5 Å². The summed E-state index contributed by atoms with van der Waals surface area (Å²) in [5, 5.41) is 9.90. The number of hydrogen-bond donors (Lipinski definition) is 1. The van der Waals surface area contributed by atoms with Crippen molar-refractivity contribution >= 4 is 17.9 Å². The summed E-state index contributed by atoms with van der Waals surface area (Å²) in [6.45, 7) is 1.78. The topological polar surface area (TPSA) is 46.5 Å². The van der Waals surface area contributed by atoms with Crippen molar-refractivity contribution in [1.82, 2.24) is 0 Å². The minimum Gasteiger partial charge on any atom is -0.506 e. The molecule has 0 aliphatic carbocycles. The number of benzene rings is 1. The van der Waals surface area contributed by atoms with Crippen LogP contribution in [-0.4, -0.2) is 18.5 Å². The molecule has 4 heteroatoms. The number of methoxy groups -OCH3 is 1. The van der Waals surface area contributed by atoms with Gasteiger partial charge in [0.2, 0.25) is 0 Å². The van der Waals surface area contributed by atoms with Crippen LogP contribution in [0.15, 0.2) is 12.1 Å². The van der Waals surface area contributed by atoms with Crippen LogP contribution >= 0.6 is 11.6 Å². The van der Waals surface area contributed by atoms with Gasteiger partial charge in [0.25, 0.3) is 0 Å². The minimum atomic E-state index is -0.154. The summed E-state index contributed by atoms with van der Waals surface area (Å²) in [5.74, 6) is 0.441. The van der Waals surface area contributed by atoms with E-state index >= 15 is 0 Å². The number of ether oxygens (including phenoxy) is 1. The normalized spacial score (nSPS) is 12.2.